The van der Waals surface area contributed by atoms with Crippen molar-refractivity contribution in [3.05, 3.63) is 29.8 Å². The number of rotatable bonds is 5. The van der Waals surface area contributed by atoms with E-state index in [0.717, 1.165) is 11.8 Å². The molecule has 0 aliphatic rings. The Kier molecular flexibility index (Phi) is 6.01. The van der Waals surface area contributed by atoms with Crippen molar-refractivity contribution < 1.29 is 24.5 Å². The maximum Gasteiger partial charge on any atom is 0.308 e. The van der Waals surface area contributed by atoms with E-state index >= 15 is 0 Å². The third-order valence-corrected chi connectivity index (χ3v) is 3.22. The summed E-state index contributed by atoms with van der Waals surface area (Å²) in [5.41, 5.74) is 0.493. The molecule has 0 amide bonds. The van der Waals surface area contributed by atoms with E-state index in [1.165, 1.54) is 26.0 Å². The Morgan fingerprint density at radius 1 is 1.21 bits per heavy atom. The van der Waals surface area contributed by atoms with E-state index in [1.54, 1.807) is 12.1 Å². The molecule has 6 heteroatoms. The van der Waals surface area contributed by atoms with Crippen LogP contribution < -0.4 is 4.74 Å². The Labute approximate surface area is 115 Å². The third kappa shape index (κ3) is 5.42. The molecular weight excluding hydrogens is 268 g/mol. The molecule has 0 aromatic heterocycles. The molecule has 2 unspecified atom stereocenters. The topological polar surface area (TPSA) is 83.8 Å². The molecule has 19 heavy (non-hydrogen) atoms. The van der Waals surface area contributed by atoms with Crippen LogP contribution in [0, 0.1) is 0 Å². The average molecular weight is 284 g/mol. The van der Waals surface area contributed by atoms with Crippen LogP contribution in [0.15, 0.2) is 24.3 Å². The molecule has 0 radical (unpaired) electrons. The maximum absolute atomic E-state index is 10.8. The molecule has 0 bridgehead atoms. The van der Waals surface area contributed by atoms with Crippen molar-refractivity contribution >= 4 is 22.8 Å². The van der Waals surface area contributed by atoms with E-state index in [1.807, 2.05) is 0 Å². The maximum atomic E-state index is 10.8. The first-order valence-electron chi connectivity index (χ1n) is 5.68. The molecule has 0 aliphatic carbocycles. The molecule has 1 aromatic carbocycles. The second-order valence-corrected chi connectivity index (χ2v) is 5.17. The van der Waals surface area contributed by atoms with Gasteiger partial charge in [-0.2, -0.15) is 0 Å². The standard InChI is InChI=1S/C13H16O5S/c1-8(14)18-11-5-3-10(4-6-11)13(17)12(16)7-19-9(2)15/h3-6,12-13,16-17H,7H2,1-2H3. The van der Waals surface area contributed by atoms with Crippen LogP contribution in [0.4, 0.5) is 0 Å². The second kappa shape index (κ2) is 7.28. The predicted molar refractivity (Wildman–Crippen MR) is 71.9 cm³/mol. The van der Waals surface area contributed by atoms with Gasteiger partial charge in [-0.05, 0) is 17.7 Å². The summed E-state index contributed by atoms with van der Waals surface area (Å²) >= 11 is 0.956. The lowest BCUT2D eigenvalue weighted by molar-refractivity contribution is -0.131. The zero-order valence-corrected chi connectivity index (χ0v) is 11.5. The monoisotopic (exact) mass is 284 g/mol. The summed E-state index contributed by atoms with van der Waals surface area (Å²) in [5, 5.41) is 19.5. The number of aliphatic hydroxyl groups is 2. The molecule has 2 N–H and O–H groups in total. The van der Waals surface area contributed by atoms with Crippen molar-refractivity contribution in [2.75, 3.05) is 5.75 Å². The number of ether oxygens (including phenoxy) is 1. The number of hydrogen-bond donors (Lipinski definition) is 2. The fourth-order valence-corrected chi connectivity index (χ4v) is 2.00. The molecule has 1 aromatic rings. The van der Waals surface area contributed by atoms with Gasteiger partial charge >= 0.3 is 5.97 Å². The Balaban J connectivity index is 2.63. The van der Waals surface area contributed by atoms with E-state index in [-0.39, 0.29) is 10.9 Å². The Morgan fingerprint density at radius 2 is 1.79 bits per heavy atom. The lowest BCUT2D eigenvalue weighted by Crippen LogP contribution is -2.21. The smallest absolute Gasteiger partial charge is 0.308 e. The molecule has 104 valence electrons. The van der Waals surface area contributed by atoms with Crippen LogP contribution in [0.3, 0.4) is 0 Å². The number of carbonyl (C=O) groups is 2. The van der Waals surface area contributed by atoms with Crippen molar-refractivity contribution in [1.29, 1.82) is 0 Å². The third-order valence-electron chi connectivity index (χ3n) is 2.31. The van der Waals surface area contributed by atoms with Crippen LogP contribution >= 0.6 is 11.8 Å². The number of benzene rings is 1. The Hall–Kier alpha value is -1.37. The summed E-state index contributed by atoms with van der Waals surface area (Å²) in [5.74, 6) is 0.0737. The van der Waals surface area contributed by atoms with Gasteiger partial charge in [-0.1, -0.05) is 23.9 Å². The molecule has 5 nitrogen and oxygen atoms in total. The van der Waals surface area contributed by atoms with E-state index in [9.17, 15) is 19.8 Å². The van der Waals surface area contributed by atoms with Gasteiger partial charge in [-0.25, -0.2) is 0 Å². The van der Waals surface area contributed by atoms with E-state index in [4.69, 9.17) is 4.74 Å². The normalized spacial score (nSPS) is 13.7. The van der Waals surface area contributed by atoms with Gasteiger partial charge in [0.15, 0.2) is 5.12 Å². The van der Waals surface area contributed by atoms with Crippen LogP contribution in [0.25, 0.3) is 0 Å². The van der Waals surface area contributed by atoms with Crippen LogP contribution in [0.5, 0.6) is 5.75 Å². The minimum atomic E-state index is -1.08. The Bertz CT molecular complexity index is 443. The van der Waals surface area contributed by atoms with Crippen molar-refractivity contribution in [2.24, 2.45) is 0 Å². The van der Waals surface area contributed by atoms with Gasteiger partial charge in [0.05, 0.1) is 6.10 Å². The summed E-state index contributed by atoms with van der Waals surface area (Å²) in [7, 11) is 0. The van der Waals surface area contributed by atoms with E-state index in [2.05, 4.69) is 0 Å². The summed E-state index contributed by atoms with van der Waals surface area (Å²) in [4.78, 5) is 21.5. The zero-order chi connectivity index (χ0) is 14.4. The number of aliphatic hydroxyl groups excluding tert-OH is 2. The highest BCUT2D eigenvalue weighted by atomic mass is 32.2. The predicted octanol–water partition coefficient (Wildman–Crippen LogP) is 1.29. The van der Waals surface area contributed by atoms with Gasteiger partial charge in [-0.15, -0.1) is 0 Å². The van der Waals surface area contributed by atoms with Gasteiger partial charge in [0, 0.05) is 19.6 Å². The molecule has 0 saturated carbocycles. The first-order chi connectivity index (χ1) is 8.90. The number of esters is 1. The molecule has 1 rings (SSSR count). The highest BCUT2D eigenvalue weighted by Gasteiger charge is 2.19. The molecule has 0 spiro atoms. The quantitative estimate of drug-likeness (QED) is 0.626. The van der Waals surface area contributed by atoms with Gasteiger partial charge < -0.3 is 14.9 Å². The van der Waals surface area contributed by atoms with Crippen molar-refractivity contribution in [3.8, 4) is 5.75 Å². The number of thioether (sulfide) groups is 1. The molecule has 0 aliphatic heterocycles. The van der Waals surface area contributed by atoms with Crippen LogP contribution in [-0.2, 0) is 9.59 Å². The van der Waals surface area contributed by atoms with Gasteiger partial charge in [-0.3, -0.25) is 9.59 Å². The van der Waals surface area contributed by atoms with Crippen LogP contribution in [0.1, 0.15) is 25.5 Å². The zero-order valence-electron chi connectivity index (χ0n) is 10.7. The lowest BCUT2D eigenvalue weighted by Gasteiger charge is -2.17. The highest BCUT2D eigenvalue weighted by molar-refractivity contribution is 8.13. The van der Waals surface area contributed by atoms with E-state index < -0.39 is 18.2 Å². The summed E-state index contributed by atoms with van der Waals surface area (Å²) in [6.07, 6.45) is -2.12. The minimum Gasteiger partial charge on any atom is -0.427 e. The van der Waals surface area contributed by atoms with Crippen molar-refractivity contribution in [1.82, 2.24) is 0 Å². The number of carbonyl (C=O) groups excluding carboxylic acids is 2. The molecule has 0 fully saturated rings. The second-order valence-electron chi connectivity index (χ2n) is 3.98. The summed E-state index contributed by atoms with van der Waals surface area (Å²) < 4.78 is 4.86. The van der Waals surface area contributed by atoms with Crippen LogP contribution in [-0.4, -0.2) is 33.2 Å². The largest absolute Gasteiger partial charge is 0.427 e. The minimum absolute atomic E-state index is 0.114. The molecule has 0 heterocycles. The molecule has 0 saturated heterocycles. The Morgan fingerprint density at radius 3 is 2.26 bits per heavy atom. The number of hydrogen-bond acceptors (Lipinski definition) is 6. The average Bonchev–Trinajstić information content (AvgIpc) is 2.35. The molecular formula is C13H16O5S. The lowest BCUT2D eigenvalue weighted by atomic mass is 10.1. The fourth-order valence-electron chi connectivity index (χ4n) is 1.42. The van der Waals surface area contributed by atoms with Gasteiger partial charge in [0.2, 0.25) is 0 Å². The van der Waals surface area contributed by atoms with Crippen molar-refractivity contribution in [3.63, 3.8) is 0 Å². The van der Waals surface area contributed by atoms with Gasteiger partial charge in [0.1, 0.15) is 11.9 Å². The first kappa shape index (κ1) is 15.7. The SMILES string of the molecule is CC(=O)Oc1ccc(C(O)C(O)CSC(C)=O)cc1. The summed E-state index contributed by atoms with van der Waals surface area (Å²) in [6, 6.07) is 6.19. The highest BCUT2D eigenvalue weighted by Crippen LogP contribution is 2.22. The fraction of sp³-hybridized carbons (Fsp3) is 0.385. The first-order valence-corrected chi connectivity index (χ1v) is 6.66. The molecule has 2 atom stereocenters. The summed E-state index contributed by atoms with van der Waals surface area (Å²) in [6.45, 7) is 2.70. The van der Waals surface area contributed by atoms with E-state index in [0.29, 0.717) is 11.3 Å². The van der Waals surface area contributed by atoms with Crippen molar-refractivity contribution in [2.45, 2.75) is 26.1 Å². The van der Waals surface area contributed by atoms with Gasteiger partial charge in [0.25, 0.3) is 0 Å². The van der Waals surface area contributed by atoms with Crippen LogP contribution in [0.2, 0.25) is 0 Å².